The van der Waals surface area contributed by atoms with E-state index in [1.165, 1.54) is 7.11 Å². The number of H-pyrrole nitrogens is 1. The van der Waals surface area contributed by atoms with E-state index in [-0.39, 0.29) is 11.7 Å². The number of ketones is 1. The summed E-state index contributed by atoms with van der Waals surface area (Å²) in [6.45, 7) is 5.95. The SMILES string of the molecule is CCc1cc(OC)c(C(=O)N2CCOCC2)cc1C(=O)c1c(CC)[nH]c2cc(C#N)ccc12. The maximum atomic E-state index is 13.9. The van der Waals surface area contributed by atoms with E-state index in [0.717, 1.165) is 22.2 Å². The van der Waals surface area contributed by atoms with Crippen LogP contribution in [0, 0.1) is 11.3 Å². The molecule has 33 heavy (non-hydrogen) atoms. The van der Waals surface area contributed by atoms with Gasteiger partial charge in [0.1, 0.15) is 5.75 Å². The highest BCUT2D eigenvalue weighted by Gasteiger charge is 2.27. The number of aromatic nitrogens is 1. The van der Waals surface area contributed by atoms with Gasteiger partial charge in [-0.15, -0.1) is 0 Å². The van der Waals surface area contributed by atoms with E-state index in [1.807, 2.05) is 19.9 Å². The third kappa shape index (κ3) is 4.10. The first-order valence-electron chi connectivity index (χ1n) is 11.2. The number of amides is 1. The van der Waals surface area contributed by atoms with Crippen LogP contribution in [0.1, 0.15) is 56.9 Å². The molecule has 0 bridgehead atoms. The number of nitriles is 1. The molecule has 1 fully saturated rings. The molecule has 1 saturated heterocycles. The van der Waals surface area contributed by atoms with E-state index in [2.05, 4.69) is 11.1 Å². The van der Waals surface area contributed by atoms with Crippen LogP contribution in [0.15, 0.2) is 30.3 Å². The molecule has 2 heterocycles. The van der Waals surface area contributed by atoms with E-state index in [0.29, 0.717) is 67.1 Å². The van der Waals surface area contributed by atoms with Gasteiger partial charge < -0.3 is 19.4 Å². The third-order valence-electron chi connectivity index (χ3n) is 6.17. The molecule has 3 aromatic rings. The van der Waals surface area contributed by atoms with Crippen molar-refractivity contribution in [2.75, 3.05) is 33.4 Å². The van der Waals surface area contributed by atoms with Crippen molar-refractivity contribution < 1.29 is 19.1 Å². The van der Waals surface area contributed by atoms with Gasteiger partial charge in [0.15, 0.2) is 5.78 Å². The summed E-state index contributed by atoms with van der Waals surface area (Å²) in [5.74, 6) is 0.159. The summed E-state index contributed by atoms with van der Waals surface area (Å²) in [7, 11) is 1.54. The highest BCUT2D eigenvalue weighted by molar-refractivity contribution is 6.19. The summed E-state index contributed by atoms with van der Waals surface area (Å²) in [6.07, 6.45) is 1.25. The van der Waals surface area contributed by atoms with Crippen LogP contribution in [-0.4, -0.2) is 55.0 Å². The number of rotatable bonds is 6. The van der Waals surface area contributed by atoms with Crippen molar-refractivity contribution in [2.45, 2.75) is 26.7 Å². The molecule has 170 valence electrons. The van der Waals surface area contributed by atoms with Crippen molar-refractivity contribution in [1.29, 1.82) is 5.26 Å². The Morgan fingerprint density at radius 1 is 1.12 bits per heavy atom. The fourth-order valence-corrected chi connectivity index (χ4v) is 4.38. The molecule has 1 aliphatic rings. The van der Waals surface area contributed by atoms with Gasteiger partial charge in [-0.3, -0.25) is 9.59 Å². The molecular weight excluding hydrogens is 418 g/mol. The van der Waals surface area contributed by atoms with Gasteiger partial charge in [0.2, 0.25) is 0 Å². The van der Waals surface area contributed by atoms with Crippen molar-refractivity contribution in [3.8, 4) is 11.8 Å². The van der Waals surface area contributed by atoms with Gasteiger partial charge >= 0.3 is 0 Å². The van der Waals surface area contributed by atoms with Crippen molar-refractivity contribution in [2.24, 2.45) is 0 Å². The Kier molecular flexibility index (Phi) is 6.47. The maximum Gasteiger partial charge on any atom is 0.257 e. The lowest BCUT2D eigenvalue weighted by Crippen LogP contribution is -2.40. The summed E-state index contributed by atoms with van der Waals surface area (Å²) in [4.78, 5) is 32.2. The fraction of sp³-hybridized carbons (Fsp3) is 0.346. The van der Waals surface area contributed by atoms with E-state index in [1.54, 1.807) is 29.2 Å². The van der Waals surface area contributed by atoms with Crippen LogP contribution in [0.5, 0.6) is 5.75 Å². The van der Waals surface area contributed by atoms with Gasteiger partial charge in [-0.25, -0.2) is 0 Å². The lowest BCUT2D eigenvalue weighted by molar-refractivity contribution is 0.0301. The molecule has 1 aliphatic heterocycles. The molecule has 2 aromatic carbocycles. The van der Waals surface area contributed by atoms with Crippen LogP contribution >= 0.6 is 0 Å². The Morgan fingerprint density at radius 2 is 1.88 bits per heavy atom. The molecule has 4 rings (SSSR count). The first-order valence-corrected chi connectivity index (χ1v) is 11.2. The van der Waals surface area contributed by atoms with Crippen LogP contribution in [0.2, 0.25) is 0 Å². The number of nitrogens with zero attached hydrogens (tertiary/aromatic N) is 2. The summed E-state index contributed by atoms with van der Waals surface area (Å²) < 4.78 is 10.9. The second-order valence-electron chi connectivity index (χ2n) is 8.00. The number of carbonyl (C=O) groups is 2. The van der Waals surface area contributed by atoms with E-state index in [4.69, 9.17) is 9.47 Å². The maximum absolute atomic E-state index is 13.9. The molecule has 0 saturated carbocycles. The lowest BCUT2D eigenvalue weighted by atomic mass is 9.92. The molecule has 0 unspecified atom stereocenters. The first kappa shape index (κ1) is 22.6. The van der Waals surface area contributed by atoms with Gasteiger partial charge in [-0.05, 0) is 42.7 Å². The number of hydrogen-bond donors (Lipinski definition) is 1. The molecule has 1 N–H and O–H groups in total. The summed E-state index contributed by atoms with van der Waals surface area (Å²) in [5.41, 5.74) is 4.37. The second kappa shape index (κ2) is 9.47. The summed E-state index contributed by atoms with van der Waals surface area (Å²) in [6, 6.07) is 10.9. The Morgan fingerprint density at radius 3 is 2.52 bits per heavy atom. The third-order valence-corrected chi connectivity index (χ3v) is 6.17. The summed E-state index contributed by atoms with van der Waals surface area (Å²) >= 11 is 0. The van der Waals surface area contributed by atoms with E-state index < -0.39 is 0 Å². The van der Waals surface area contributed by atoms with E-state index >= 15 is 0 Å². The number of ether oxygens (including phenoxy) is 2. The predicted molar refractivity (Wildman–Crippen MR) is 125 cm³/mol. The molecule has 0 radical (unpaired) electrons. The predicted octanol–water partition coefficient (Wildman–Crippen LogP) is 3.88. The van der Waals surface area contributed by atoms with Gasteiger partial charge in [0.25, 0.3) is 5.91 Å². The number of benzene rings is 2. The molecule has 1 aromatic heterocycles. The quantitative estimate of drug-likeness (QED) is 0.581. The lowest BCUT2D eigenvalue weighted by Gasteiger charge is -2.27. The minimum absolute atomic E-state index is 0.140. The first-order chi connectivity index (χ1) is 16.0. The minimum Gasteiger partial charge on any atom is -0.496 e. The Hall–Kier alpha value is -3.63. The molecule has 0 atom stereocenters. The largest absolute Gasteiger partial charge is 0.496 e. The molecule has 7 heteroatoms. The van der Waals surface area contributed by atoms with Gasteiger partial charge in [-0.2, -0.15) is 5.26 Å². The number of methoxy groups -OCH3 is 1. The Balaban J connectivity index is 1.85. The number of carbonyl (C=O) groups excluding carboxylic acids is 2. The molecule has 0 aliphatic carbocycles. The van der Waals surface area contributed by atoms with Crippen LogP contribution in [0.4, 0.5) is 0 Å². The number of fused-ring (bicyclic) bond motifs is 1. The zero-order valence-electron chi connectivity index (χ0n) is 19.2. The fourth-order valence-electron chi connectivity index (χ4n) is 4.38. The topological polar surface area (TPSA) is 95.4 Å². The molecule has 7 nitrogen and oxygen atoms in total. The van der Waals surface area contributed by atoms with Gasteiger partial charge in [0, 0.05) is 35.2 Å². The highest BCUT2D eigenvalue weighted by atomic mass is 16.5. The molecular formula is C26H27N3O4. The molecule has 1 amide bonds. The zero-order valence-corrected chi connectivity index (χ0v) is 19.2. The van der Waals surface area contributed by atoms with Crippen molar-refractivity contribution in [1.82, 2.24) is 9.88 Å². The number of aryl methyl sites for hydroxylation is 2. The van der Waals surface area contributed by atoms with Gasteiger partial charge in [-0.1, -0.05) is 19.9 Å². The van der Waals surface area contributed by atoms with Crippen LogP contribution in [0.25, 0.3) is 10.9 Å². The van der Waals surface area contributed by atoms with Crippen LogP contribution in [-0.2, 0) is 17.6 Å². The average molecular weight is 446 g/mol. The van der Waals surface area contributed by atoms with Crippen molar-refractivity contribution >= 4 is 22.6 Å². The summed E-state index contributed by atoms with van der Waals surface area (Å²) in [5, 5.41) is 10.0. The standard InChI is InChI=1S/C26H27N3O4/c1-4-17-13-23(32-3)20(26(31)29-8-10-33-11-9-29)14-19(17)25(30)24-18-7-6-16(15-27)12-22(18)28-21(24)5-2/h6-7,12-14,28H,4-5,8-11H2,1-3H3. The number of morpholine rings is 1. The smallest absolute Gasteiger partial charge is 0.257 e. The number of hydrogen-bond acceptors (Lipinski definition) is 5. The van der Waals surface area contributed by atoms with E-state index in [9.17, 15) is 14.9 Å². The second-order valence-corrected chi connectivity index (χ2v) is 8.00. The molecule has 0 spiro atoms. The monoisotopic (exact) mass is 445 g/mol. The minimum atomic E-state index is -0.167. The van der Waals surface area contributed by atoms with Gasteiger partial charge in [0.05, 0.1) is 43.1 Å². The van der Waals surface area contributed by atoms with Crippen LogP contribution < -0.4 is 4.74 Å². The Bertz CT molecular complexity index is 1260. The zero-order chi connectivity index (χ0) is 23.5. The number of nitrogens with one attached hydrogen (secondary N) is 1. The van der Waals surface area contributed by atoms with Crippen molar-refractivity contribution in [3.05, 3.63) is 63.8 Å². The normalized spacial score (nSPS) is 13.7. The highest BCUT2D eigenvalue weighted by Crippen LogP contribution is 2.31. The van der Waals surface area contributed by atoms with Crippen LogP contribution in [0.3, 0.4) is 0 Å². The Labute approximate surface area is 192 Å². The average Bonchev–Trinajstić information content (AvgIpc) is 3.25. The van der Waals surface area contributed by atoms with Crippen molar-refractivity contribution in [3.63, 3.8) is 0 Å². The number of aromatic amines is 1.